The Morgan fingerprint density at radius 2 is 1.95 bits per heavy atom. The van der Waals surface area contributed by atoms with Crippen LogP contribution in [0, 0.1) is 11.8 Å². The van der Waals surface area contributed by atoms with Crippen molar-refractivity contribution in [1.82, 2.24) is 10.2 Å². The summed E-state index contributed by atoms with van der Waals surface area (Å²) in [4.78, 5) is 2.75. The number of likely N-dealkylation sites (tertiary alicyclic amines) is 1. The first-order chi connectivity index (χ1) is 9.69. The van der Waals surface area contributed by atoms with Crippen molar-refractivity contribution in [3.05, 3.63) is 0 Å². The first-order valence-electron chi connectivity index (χ1n) is 8.77. The van der Waals surface area contributed by atoms with Crippen molar-refractivity contribution in [3.8, 4) is 0 Å². The molecule has 0 aromatic rings. The lowest BCUT2D eigenvalue weighted by molar-refractivity contribution is 0.0993. The molecule has 2 N–H and O–H groups in total. The molecule has 1 saturated carbocycles. The summed E-state index contributed by atoms with van der Waals surface area (Å²) in [7, 11) is 0. The van der Waals surface area contributed by atoms with Gasteiger partial charge in [-0.25, -0.2) is 0 Å². The maximum Gasteiger partial charge on any atom is 0.0434 e. The van der Waals surface area contributed by atoms with Gasteiger partial charge in [0, 0.05) is 18.7 Å². The van der Waals surface area contributed by atoms with Gasteiger partial charge in [0.15, 0.2) is 0 Å². The van der Waals surface area contributed by atoms with Crippen LogP contribution in [0.1, 0.15) is 58.8 Å². The van der Waals surface area contributed by atoms with Crippen LogP contribution in [-0.2, 0) is 0 Å². The number of piperidine rings is 1. The van der Waals surface area contributed by atoms with Crippen LogP contribution in [0.5, 0.6) is 0 Å². The first-order valence-corrected chi connectivity index (χ1v) is 8.77. The predicted octanol–water partition coefficient (Wildman–Crippen LogP) is 2.64. The molecule has 0 bridgehead atoms. The van der Waals surface area contributed by atoms with Crippen molar-refractivity contribution < 1.29 is 5.11 Å². The highest BCUT2D eigenvalue weighted by Crippen LogP contribution is 2.29. The van der Waals surface area contributed by atoms with E-state index in [2.05, 4.69) is 24.1 Å². The molecule has 1 saturated heterocycles. The second kappa shape index (κ2) is 8.35. The topological polar surface area (TPSA) is 35.5 Å². The zero-order valence-corrected chi connectivity index (χ0v) is 13.5. The Balaban J connectivity index is 1.64. The van der Waals surface area contributed by atoms with E-state index in [9.17, 15) is 0 Å². The Hall–Kier alpha value is -0.120. The molecule has 0 amide bonds. The lowest BCUT2D eigenvalue weighted by atomic mass is 9.85. The molecule has 0 spiro atoms. The molecule has 3 atom stereocenters. The van der Waals surface area contributed by atoms with E-state index in [0.29, 0.717) is 18.6 Å². The van der Waals surface area contributed by atoms with E-state index in [1.807, 2.05) is 0 Å². The Labute approximate surface area is 125 Å². The summed E-state index contributed by atoms with van der Waals surface area (Å²) in [6.07, 6.45) is 9.25. The molecule has 1 aliphatic heterocycles. The van der Waals surface area contributed by atoms with Crippen molar-refractivity contribution in [2.24, 2.45) is 11.8 Å². The van der Waals surface area contributed by atoms with E-state index in [1.54, 1.807) is 0 Å². The summed E-state index contributed by atoms with van der Waals surface area (Å²) in [5, 5.41) is 12.6. The highest BCUT2D eigenvalue weighted by molar-refractivity contribution is 4.84. The number of nitrogens with one attached hydrogen (secondary N) is 1. The van der Waals surface area contributed by atoms with E-state index >= 15 is 0 Å². The van der Waals surface area contributed by atoms with Crippen molar-refractivity contribution in [2.75, 3.05) is 26.2 Å². The SMILES string of the molecule is CC(CCO)CNC1CCN(C2CCCC(C)C2)CC1. The fourth-order valence-corrected chi connectivity index (χ4v) is 3.89. The molecule has 3 nitrogen and oxygen atoms in total. The molecule has 2 fully saturated rings. The Kier molecular flexibility index (Phi) is 6.79. The zero-order valence-electron chi connectivity index (χ0n) is 13.5. The lowest BCUT2D eigenvalue weighted by Crippen LogP contribution is -2.48. The molecule has 1 heterocycles. The second-order valence-electron chi connectivity index (χ2n) is 7.26. The van der Waals surface area contributed by atoms with Gasteiger partial charge in [-0.3, -0.25) is 0 Å². The molecule has 2 rings (SSSR count). The largest absolute Gasteiger partial charge is 0.396 e. The van der Waals surface area contributed by atoms with E-state index in [0.717, 1.165) is 24.9 Å². The highest BCUT2D eigenvalue weighted by Gasteiger charge is 2.28. The number of nitrogens with zero attached hydrogens (tertiary/aromatic N) is 1. The Morgan fingerprint density at radius 1 is 1.20 bits per heavy atom. The quantitative estimate of drug-likeness (QED) is 0.786. The minimum absolute atomic E-state index is 0.321. The highest BCUT2D eigenvalue weighted by atomic mass is 16.3. The van der Waals surface area contributed by atoms with E-state index < -0.39 is 0 Å². The summed E-state index contributed by atoms with van der Waals surface area (Å²) in [6.45, 7) is 8.59. The minimum Gasteiger partial charge on any atom is -0.396 e. The molecule has 0 radical (unpaired) electrons. The fourth-order valence-electron chi connectivity index (χ4n) is 3.89. The molecular formula is C17H34N2O. The fraction of sp³-hybridized carbons (Fsp3) is 1.00. The summed E-state index contributed by atoms with van der Waals surface area (Å²) < 4.78 is 0. The van der Waals surface area contributed by atoms with Crippen molar-refractivity contribution in [1.29, 1.82) is 0 Å². The molecule has 0 aromatic carbocycles. The third kappa shape index (κ3) is 5.01. The zero-order chi connectivity index (χ0) is 14.4. The smallest absolute Gasteiger partial charge is 0.0434 e. The van der Waals surface area contributed by atoms with Gasteiger partial charge in [-0.2, -0.15) is 0 Å². The molecule has 2 aliphatic rings. The van der Waals surface area contributed by atoms with Crippen LogP contribution in [0.3, 0.4) is 0 Å². The third-order valence-electron chi connectivity index (χ3n) is 5.33. The van der Waals surface area contributed by atoms with Crippen molar-refractivity contribution in [3.63, 3.8) is 0 Å². The summed E-state index contributed by atoms with van der Waals surface area (Å²) in [5.74, 6) is 1.53. The third-order valence-corrected chi connectivity index (χ3v) is 5.33. The van der Waals surface area contributed by atoms with Gasteiger partial charge in [-0.05, 0) is 63.6 Å². The summed E-state index contributed by atoms with van der Waals surface area (Å²) in [5.41, 5.74) is 0. The molecule has 3 unspecified atom stereocenters. The average molecular weight is 282 g/mol. The van der Waals surface area contributed by atoms with E-state index in [1.165, 1.54) is 51.6 Å². The van der Waals surface area contributed by atoms with Crippen LogP contribution in [0.4, 0.5) is 0 Å². The van der Waals surface area contributed by atoms with Crippen LogP contribution in [0.2, 0.25) is 0 Å². The maximum absolute atomic E-state index is 8.94. The van der Waals surface area contributed by atoms with E-state index in [4.69, 9.17) is 5.11 Å². The first kappa shape index (κ1) is 16.3. The molecule has 3 heteroatoms. The standard InChI is InChI=1S/C17H34N2O/c1-14-4-3-5-17(12-14)19-9-6-16(7-10-19)18-13-15(2)8-11-20/h14-18,20H,3-13H2,1-2H3. The van der Waals surface area contributed by atoms with Crippen LogP contribution in [0.25, 0.3) is 0 Å². The van der Waals surface area contributed by atoms with Gasteiger partial charge in [-0.15, -0.1) is 0 Å². The van der Waals surface area contributed by atoms with Gasteiger partial charge >= 0.3 is 0 Å². The van der Waals surface area contributed by atoms with Gasteiger partial charge < -0.3 is 15.3 Å². The van der Waals surface area contributed by atoms with Gasteiger partial charge in [0.05, 0.1) is 0 Å². The summed E-state index contributed by atoms with van der Waals surface area (Å²) in [6, 6.07) is 1.57. The number of hydrogen-bond acceptors (Lipinski definition) is 3. The van der Waals surface area contributed by atoms with Crippen LogP contribution < -0.4 is 5.32 Å². The molecule has 118 valence electrons. The number of rotatable bonds is 6. The van der Waals surface area contributed by atoms with Crippen LogP contribution >= 0.6 is 0 Å². The Bertz CT molecular complexity index is 264. The van der Waals surface area contributed by atoms with Crippen molar-refractivity contribution in [2.45, 2.75) is 70.9 Å². The molecular weight excluding hydrogens is 248 g/mol. The van der Waals surface area contributed by atoms with Gasteiger partial charge in [-0.1, -0.05) is 26.7 Å². The lowest BCUT2D eigenvalue weighted by Gasteiger charge is -2.41. The Morgan fingerprint density at radius 3 is 2.60 bits per heavy atom. The van der Waals surface area contributed by atoms with Crippen molar-refractivity contribution >= 4 is 0 Å². The number of aliphatic hydroxyl groups excluding tert-OH is 1. The minimum atomic E-state index is 0.321. The maximum atomic E-state index is 8.94. The second-order valence-corrected chi connectivity index (χ2v) is 7.26. The number of aliphatic hydroxyl groups is 1. The van der Waals surface area contributed by atoms with Crippen LogP contribution in [0.15, 0.2) is 0 Å². The monoisotopic (exact) mass is 282 g/mol. The van der Waals surface area contributed by atoms with Crippen LogP contribution in [-0.4, -0.2) is 48.3 Å². The molecule has 0 aromatic heterocycles. The molecule has 20 heavy (non-hydrogen) atoms. The number of hydrogen-bond donors (Lipinski definition) is 2. The van der Waals surface area contributed by atoms with Gasteiger partial charge in [0.25, 0.3) is 0 Å². The van der Waals surface area contributed by atoms with E-state index in [-0.39, 0.29) is 0 Å². The van der Waals surface area contributed by atoms with Gasteiger partial charge in [0.1, 0.15) is 0 Å². The van der Waals surface area contributed by atoms with Gasteiger partial charge in [0.2, 0.25) is 0 Å². The summed E-state index contributed by atoms with van der Waals surface area (Å²) >= 11 is 0. The normalized spacial score (nSPS) is 31.4. The predicted molar refractivity (Wildman–Crippen MR) is 84.9 cm³/mol. The average Bonchev–Trinajstić information content (AvgIpc) is 2.46. The molecule has 1 aliphatic carbocycles.